The van der Waals surface area contributed by atoms with Crippen molar-refractivity contribution in [2.24, 2.45) is 0 Å². The Kier molecular flexibility index (Phi) is 4.37. The quantitative estimate of drug-likeness (QED) is 0.833. The van der Waals surface area contributed by atoms with Gasteiger partial charge in [-0.1, -0.05) is 25.5 Å². The SMILES string of the molecule is CCC(=O)c1ccccc1OC1CCCCC1O. The second-order valence-electron chi connectivity index (χ2n) is 4.78. The molecule has 18 heavy (non-hydrogen) atoms. The molecule has 1 aromatic rings. The van der Waals surface area contributed by atoms with E-state index in [0.29, 0.717) is 17.7 Å². The number of Topliss-reactive ketones (excluding diaryl/α,β-unsaturated/α-hetero) is 1. The lowest BCUT2D eigenvalue weighted by molar-refractivity contribution is 0.00646. The Morgan fingerprint density at radius 3 is 2.78 bits per heavy atom. The van der Waals surface area contributed by atoms with Gasteiger partial charge < -0.3 is 9.84 Å². The van der Waals surface area contributed by atoms with E-state index in [9.17, 15) is 9.90 Å². The first-order valence-electron chi connectivity index (χ1n) is 6.69. The maximum absolute atomic E-state index is 11.8. The molecule has 1 aromatic carbocycles. The van der Waals surface area contributed by atoms with Crippen LogP contribution >= 0.6 is 0 Å². The van der Waals surface area contributed by atoms with E-state index >= 15 is 0 Å². The summed E-state index contributed by atoms with van der Waals surface area (Å²) in [6.07, 6.45) is 3.65. The largest absolute Gasteiger partial charge is 0.487 e. The topological polar surface area (TPSA) is 46.5 Å². The maximum atomic E-state index is 11.8. The van der Waals surface area contributed by atoms with E-state index in [-0.39, 0.29) is 11.9 Å². The fourth-order valence-electron chi connectivity index (χ4n) is 2.37. The third-order valence-corrected chi connectivity index (χ3v) is 3.45. The van der Waals surface area contributed by atoms with Crippen molar-refractivity contribution in [3.63, 3.8) is 0 Å². The molecule has 0 amide bonds. The monoisotopic (exact) mass is 248 g/mol. The standard InChI is InChI=1S/C15H20O3/c1-2-12(16)11-7-3-5-9-14(11)18-15-10-6-4-8-13(15)17/h3,5,7,9,13,15,17H,2,4,6,8,10H2,1H3. The van der Waals surface area contributed by atoms with Crippen molar-refractivity contribution in [1.82, 2.24) is 0 Å². The average Bonchev–Trinajstić information content (AvgIpc) is 2.41. The van der Waals surface area contributed by atoms with Gasteiger partial charge in [-0.3, -0.25) is 4.79 Å². The molecule has 98 valence electrons. The number of benzene rings is 1. The number of ketones is 1. The van der Waals surface area contributed by atoms with Gasteiger partial charge in [0.1, 0.15) is 11.9 Å². The fraction of sp³-hybridized carbons (Fsp3) is 0.533. The molecule has 1 saturated carbocycles. The Labute approximate surface area is 108 Å². The van der Waals surface area contributed by atoms with E-state index in [4.69, 9.17) is 4.74 Å². The highest BCUT2D eigenvalue weighted by Gasteiger charge is 2.25. The van der Waals surface area contributed by atoms with Crippen LogP contribution in [0.4, 0.5) is 0 Å². The Morgan fingerprint density at radius 2 is 2.06 bits per heavy atom. The van der Waals surface area contributed by atoms with Gasteiger partial charge in [-0.05, 0) is 31.4 Å². The highest BCUT2D eigenvalue weighted by Crippen LogP contribution is 2.27. The molecule has 1 fully saturated rings. The summed E-state index contributed by atoms with van der Waals surface area (Å²) in [5, 5.41) is 9.91. The van der Waals surface area contributed by atoms with Crippen LogP contribution in [0, 0.1) is 0 Å². The number of rotatable bonds is 4. The van der Waals surface area contributed by atoms with Crippen molar-refractivity contribution < 1.29 is 14.6 Å². The van der Waals surface area contributed by atoms with Gasteiger partial charge in [-0.15, -0.1) is 0 Å². The molecule has 2 atom stereocenters. The minimum atomic E-state index is -0.413. The van der Waals surface area contributed by atoms with Crippen LogP contribution in [-0.4, -0.2) is 23.1 Å². The van der Waals surface area contributed by atoms with Crippen molar-refractivity contribution in [2.45, 2.75) is 51.2 Å². The predicted octanol–water partition coefficient (Wildman–Crippen LogP) is 2.96. The van der Waals surface area contributed by atoms with Gasteiger partial charge in [0.25, 0.3) is 0 Å². The van der Waals surface area contributed by atoms with Crippen molar-refractivity contribution in [3.05, 3.63) is 29.8 Å². The molecule has 0 aliphatic heterocycles. The number of carbonyl (C=O) groups excluding carboxylic acids is 1. The van der Waals surface area contributed by atoms with Gasteiger partial charge in [0.2, 0.25) is 0 Å². The highest BCUT2D eigenvalue weighted by atomic mass is 16.5. The van der Waals surface area contributed by atoms with Crippen LogP contribution in [0.5, 0.6) is 5.75 Å². The summed E-state index contributed by atoms with van der Waals surface area (Å²) in [7, 11) is 0. The molecular weight excluding hydrogens is 228 g/mol. The molecule has 0 heterocycles. The lowest BCUT2D eigenvalue weighted by Crippen LogP contribution is -2.35. The van der Waals surface area contributed by atoms with E-state index in [1.54, 1.807) is 6.07 Å². The van der Waals surface area contributed by atoms with Crippen LogP contribution in [0.2, 0.25) is 0 Å². The maximum Gasteiger partial charge on any atom is 0.166 e. The summed E-state index contributed by atoms with van der Waals surface area (Å²) in [6, 6.07) is 7.30. The third kappa shape index (κ3) is 2.91. The zero-order valence-corrected chi connectivity index (χ0v) is 10.8. The molecule has 0 bridgehead atoms. The third-order valence-electron chi connectivity index (χ3n) is 3.45. The first-order valence-corrected chi connectivity index (χ1v) is 6.69. The highest BCUT2D eigenvalue weighted by molar-refractivity contribution is 5.98. The fourth-order valence-corrected chi connectivity index (χ4v) is 2.37. The van der Waals surface area contributed by atoms with Gasteiger partial charge >= 0.3 is 0 Å². The van der Waals surface area contributed by atoms with Crippen LogP contribution in [0.25, 0.3) is 0 Å². The molecule has 2 rings (SSSR count). The summed E-state index contributed by atoms with van der Waals surface area (Å²) in [5.41, 5.74) is 0.623. The van der Waals surface area contributed by atoms with Crippen LogP contribution in [0.3, 0.4) is 0 Å². The molecule has 1 aliphatic carbocycles. The summed E-state index contributed by atoms with van der Waals surface area (Å²) < 4.78 is 5.85. The molecule has 1 aliphatic rings. The summed E-state index contributed by atoms with van der Waals surface area (Å²) in [5.74, 6) is 0.686. The van der Waals surface area contributed by atoms with Crippen LogP contribution in [0.1, 0.15) is 49.4 Å². The second kappa shape index (κ2) is 6.01. The minimum Gasteiger partial charge on any atom is -0.487 e. The Morgan fingerprint density at radius 1 is 1.33 bits per heavy atom. The smallest absolute Gasteiger partial charge is 0.166 e. The molecule has 0 spiro atoms. The zero-order chi connectivity index (χ0) is 13.0. The van der Waals surface area contributed by atoms with Gasteiger partial charge in [-0.2, -0.15) is 0 Å². The molecule has 0 aromatic heterocycles. The molecule has 3 heteroatoms. The minimum absolute atomic E-state index is 0.0795. The lowest BCUT2D eigenvalue weighted by atomic mass is 9.94. The summed E-state index contributed by atoms with van der Waals surface area (Å²) in [6.45, 7) is 1.84. The van der Waals surface area contributed by atoms with Gasteiger partial charge in [0.15, 0.2) is 5.78 Å². The normalized spacial score (nSPS) is 23.7. The lowest BCUT2D eigenvalue weighted by Gasteiger charge is -2.28. The summed E-state index contributed by atoms with van der Waals surface area (Å²) >= 11 is 0. The number of hydrogen-bond donors (Lipinski definition) is 1. The van der Waals surface area contributed by atoms with Crippen molar-refractivity contribution in [3.8, 4) is 5.75 Å². The first-order chi connectivity index (χ1) is 8.72. The first kappa shape index (κ1) is 13.1. The van der Waals surface area contributed by atoms with Crippen molar-refractivity contribution in [2.75, 3.05) is 0 Å². The van der Waals surface area contributed by atoms with Gasteiger partial charge in [0.05, 0.1) is 11.7 Å². The second-order valence-corrected chi connectivity index (χ2v) is 4.78. The zero-order valence-electron chi connectivity index (χ0n) is 10.8. The van der Waals surface area contributed by atoms with Gasteiger partial charge in [-0.25, -0.2) is 0 Å². The predicted molar refractivity (Wildman–Crippen MR) is 70.0 cm³/mol. The molecule has 0 radical (unpaired) electrons. The van der Waals surface area contributed by atoms with Crippen molar-refractivity contribution in [1.29, 1.82) is 0 Å². The van der Waals surface area contributed by atoms with E-state index < -0.39 is 6.10 Å². The van der Waals surface area contributed by atoms with Gasteiger partial charge in [0, 0.05) is 6.42 Å². The molecule has 2 unspecified atom stereocenters. The van der Waals surface area contributed by atoms with Crippen LogP contribution < -0.4 is 4.74 Å². The number of aliphatic hydroxyl groups excluding tert-OH is 1. The number of para-hydroxylation sites is 1. The number of aliphatic hydroxyl groups is 1. The average molecular weight is 248 g/mol. The molecule has 3 nitrogen and oxygen atoms in total. The molecular formula is C15H20O3. The van der Waals surface area contributed by atoms with Crippen molar-refractivity contribution >= 4 is 5.78 Å². The Balaban J connectivity index is 2.15. The van der Waals surface area contributed by atoms with Crippen LogP contribution in [0.15, 0.2) is 24.3 Å². The number of ether oxygens (including phenoxy) is 1. The summed E-state index contributed by atoms with van der Waals surface area (Å²) in [4.78, 5) is 11.8. The van der Waals surface area contributed by atoms with Crippen LogP contribution in [-0.2, 0) is 0 Å². The number of hydrogen-bond acceptors (Lipinski definition) is 3. The Hall–Kier alpha value is -1.35. The molecule has 1 N–H and O–H groups in total. The van der Waals surface area contributed by atoms with E-state index in [1.165, 1.54) is 0 Å². The van der Waals surface area contributed by atoms with E-state index in [0.717, 1.165) is 25.7 Å². The number of carbonyl (C=O) groups is 1. The van der Waals surface area contributed by atoms with E-state index in [1.807, 2.05) is 25.1 Å². The Bertz CT molecular complexity index is 414. The van der Waals surface area contributed by atoms with E-state index in [2.05, 4.69) is 0 Å². The molecule has 0 saturated heterocycles.